The molecular weight excluding hydrogens is 182 g/mol. The van der Waals surface area contributed by atoms with Gasteiger partial charge in [0.15, 0.2) is 0 Å². The molecule has 0 fully saturated rings. The normalized spacial score (nSPS) is 14.9. The molecule has 0 spiro atoms. The minimum Gasteiger partial charge on any atom is -0.468 e. The number of carbonyl (C=O) groups excluding carboxylic acids is 1. The highest BCUT2D eigenvalue weighted by molar-refractivity contribution is 5.75. The summed E-state index contributed by atoms with van der Waals surface area (Å²) in [6.45, 7) is 7.23. The number of ether oxygens (including phenoxy) is 2. The molecular formula is C10H21NO3. The summed E-state index contributed by atoms with van der Waals surface area (Å²) in [4.78, 5) is 11.2. The van der Waals surface area contributed by atoms with Gasteiger partial charge in [-0.1, -0.05) is 6.92 Å². The molecule has 2 unspecified atom stereocenters. The maximum atomic E-state index is 11.2. The molecule has 0 aliphatic rings. The number of carbonyl (C=O) groups is 1. The number of hydrogen-bond acceptors (Lipinski definition) is 4. The van der Waals surface area contributed by atoms with Crippen LogP contribution in [0.4, 0.5) is 0 Å². The van der Waals surface area contributed by atoms with E-state index in [0.717, 1.165) is 6.42 Å². The molecule has 0 aliphatic carbocycles. The smallest absolute Gasteiger partial charge is 0.322 e. The second kappa shape index (κ2) is 7.76. The predicted octanol–water partition coefficient (Wildman–Crippen LogP) is 0.953. The minimum absolute atomic E-state index is 0.124. The van der Waals surface area contributed by atoms with Crippen molar-refractivity contribution < 1.29 is 14.3 Å². The Morgan fingerprint density at radius 3 is 2.50 bits per heavy atom. The first-order valence-corrected chi connectivity index (χ1v) is 5.08. The molecule has 0 heterocycles. The van der Waals surface area contributed by atoms with E-state index in [1.54, 1.807) is 0 Å². The van der Waals surface area contributed by atoms with E-state index in [4.69, 9.17) is 4.74 Å². The van der Waals surface area contributed by atoms with Gasteiger partial charge in [-0.05, 0) is 20.3 Å². The fourth-order valence-electron chi connectivity index (χ4n) is 1.19. The Kier molecular flexibility index (Phi) is 7.42. The molecule has 0 saturated heterocycles. The molecule has 0 rings (SSSR count). The third-order valence-corrected chi connectivity index (χ3v) is 2.00. The van der Waals surface area contributed by atoms with E-state index in [2.05, 4.69) is 10.1 Å². The maximum absolute atomic E-state index is 11.2. The van der Waals surface area contributed by atoms with Crippen LogP contribution in [0.3, 0.4) is 0 Å². The Morgan fingerprint density at radius 1 is 1.43 bits per heavy atom. The Labute approximate surface area is 86.0 Å². The Bertz CT molecular complexity index is 161. The number of esters is 1. The van der Waals surface area contributed by atoms with Gasteiger partial charge in [0.2, 0.25) is 0 Å². The lowest BCUT2D eigenvalue weighted by Gasteiger charge is -2.17. The van der Waals surface area contributed by atoms with E-state index in [-0.39, 0.29) is 18.1 Å². The minimum atomic E-state index is -0.220. The fourth-order valence-corrected chi connectivity index (χ4v) is 1.19. The van der Waals surface area contributed by atoms with Crippen molar-refractivity contribution in [1.29, 1.82) is 0 Å². The molecule has 0 amide bonds. The number of nitrogens with one attached hydrogen (secondary N) is 1. The summed E-state index contributed by atoms with van der Waals surface area (Å²) >= 11 is 0. The standard InChI is InChI=1S/C10H21NO3/c1-5-9(10(12)13-4)11-7-8(3)14-6-2/h8-9,11H,5-7H2,1-4H3. The zero-order valence-electron chi connectivity index (χ0n) is 9.50. The van der Waals surface area contributed by atoms with Crippen molar-refractivity contribution in [2.45, 2.75) is 39.3 Å². The van der Waals surface area contributed by atoms with Crippen LogP contribution in [-0.2, 0) is 14.3 Å². The van der Waals surface area contributed by atoms with Crippen LogP contribution in [0.15, 0.2) is 0 Å². The van der Waals surface area contributed by atoms with Crippen LogP contribution in [0.25, 0.3) is 0 Å². The highest BCUT2D eigenvalue weighted by Crippen LogP contribution is 1.95. The van der Waals surface area contributed by atoms with Crippen molar-refractivity contribution in [3.63, 3.8) is 0 Å². The summed E-state index contributed by atoms with van der Waals surface area (Å²) in [6.07, 6.45) is 0.851. The van der Waals surface area contributed by atoms with Crippen LogP contribution in [0.1, 0.15) is 27.2 Å². The van der Waals surface area contributed by atoms with Crippen LogP contribution in [0, 0.1) is 0 Å². The Morgan fingerprint density at radius 2 is 2.07 bits per heavy atom. The van der Waals surface area contributed by atoms with E-state index >= 15 is 0 Å². The molecule has 0 radical (unpaired) electrons. The molecule has 84 valence electrons. The Hall–Kier alpha value is -0.610. The molecule has 0 bridgehead atoms. The number of methoxy groups -OCH3 is 1. The summed E-state index contributed by atoms with van der Waals surface area (Å²) in [6, 6.07) is -0.220. The van der Waals surface area contributed by atoms with Gasteiger partial charge in [0.1, 0.15) is 6.04 Å². The average molecular weight is 203 g/mol. The van der Waals surface area contributed by atoms with Gasteiger partial charge in [0.25, 0.3) is 0 Å². The first-order valence-electron chi connectivity index (χ1n) is 5.08. The van der Waals surface area contributed by atoms with E-state index in [1.165, 1.54) is 7.11 Å². The van der Waals surface area contributed by atoms with E-state index in [1.807, 2.05) is 20.8 Å². The third-order valence-electron chi connectivity index (χ3n) is 2.00. The van der Waals surface area contributed by atoms with Crippen LogP contribution >= 0.6 is 0 Å². The second-order valence-electron chi connectivity index (χ2n) is 3.16. The maximum Gasteiger partial charge on any atom is 0.322 e. The summed E-state index contributed by atoms with van der Waals surface area (Å²) in [5.74, 6) is -0.212. The highest BCUT2D eigenvalue weighted by atomic mass is 16.5. The number of rotatable bonds is 7. The van der Waals surface area contributed by atoms with Gasteiger partial charge in [0.05, 0.1) is 13.2 Å². The second-order valence-corrected chi connectivity index (χ2v) is 3.16. The topological polar surface area (TPSA) is 47.6 Å². The van der Waals surface area contributed by atoms with Crippen molar-refractivity contribution in [2.75, 3.05) is 20.3 Å². The Balaban J connectivity index is 3.77. The third kappa shape index (κ3) is 5.19. The van der Waals surface area contributed by atoms with Crippen LogP contribution in [-0.4, -0.2) is 38.4 Å². The molecule has 0 aromatic rings. The average Bonchev–Trinajstić information content (AvgIpc) is 2.18. The molecule has 0 aliphatic heterocycles. The molecule has 0 saturated carbocycles. The van der Waals surface area contributed by atoms with Gasteiger partial charge >= 0.3 is 5.97 Å². The van der Waals surface area contributed by atoms with Gasteiger partial charge in [-0.3, -0.25) is 4.79 Å². The van der Waals surface area contributed by atoms with Crippen molar-refractivity contribution in [1.82, 2.24) is 5.32 Å². The molecule has 4 heteroatoms. The number of hydrogen-bond donors (Lipinski definition) is 1. The quantitative estimate of drug-likeness (QED) is 0.626. The highest BCUT2D eigenvalue weighted by Gasteiger charge is 2.16. The summed E-state index contributed by atoms with van der Waals surface area (Å²) in [5.41, 5.74) is 0. The lowest BCUT2D eigenvalue weighted by atomic mass is 10.2. The largest absolute Gasteiger partial charge is 0.468 e. The molecule has 14 heavy (non-hydrogen) atoms. The SMILES string of the molecule is CCOC(C)CNC(CC)C(=O)OC. The van der Waals surface area contributed by atoms with Crippen LogP contribution < -0.4 is 5.32 Å². The van der Waals surface area contributed by atoms with Gasteiger partial charge < -0.3 is 14.8 Å². The van der Waals surface area contributed by atoms with Crippen molar-refractivity contribution in [3.05, 3.63) is 0 Å². The van der Waals surface area contributed by atoms with Crippen molar-refractivity contribution >= 4 is 5.97 Å². The van der Waals surface area contributed by atoms with Gasteiger partial charge in [-0.2, -0.15) is 0 Å². The lowest BCUT2D eigenvalue weighted by molar-refractivity contribution is -0.143. The lowest BCUT2D eigenvalue weighted by Crippen LogP contribution is -2.41. The van der Waals surface area contributed by atoms with Crippen molar-refractivity contribution in [3.8, 4) is 0 Å². The first kappa shape index (κ1) is 13.4. The van der Waals surface area contributed by atoms with Gasteiger partial charge in [0, 0.05) is 13.2 Å². The monoisotopic (exact) mass is 203 g/mol. The van der Waals surface area contributed by atoms with E-state index in [9.17, 15) is 4.79 Å². The van der Waals surface area contributed by atoms with Gasteiger partial charge in [-0.25, -0.2) is 0 Å². The van der Waals surface area contributed by atoms with E-state index in [0.29, 0.717) is 13.2 Å². The molecule has 0 aromatic heterocycles. The van der Waals surface area contributed by atoms with Crippen LogP contribution in [0.2, 0.25) is 0 Å². The molecule has 1 N–H and O–H groups in total. The summed E-state index contributed by atoms with van der Waals surface area (Å²) in [5, 5.41) is 3.11. The van der Waals surface area contributed by atoms with Crippen LogP contribution in [0.5, 0.6) is 0 Å². The zero-order chi connectivity index (χ0) is 11.0. The molecule has 0 aromatic carbocycles. The molecule has 2 atom stereocenters. The predicted molar refractivity (Wildman–Crippen MR) is 55.2 cm³/mol. The summed E-state index contributed by atoms with van der Waals surface area (Å²) in [7, 11) is 1.40. The first-order chi connectivity index (χ1) is 6.65. The summed E-state index contributed by atoms with van der Waals surface area (Å²) < 4.78 is 9.99. The van der Waals surface area contributed by atoms with E-state index < -0.39 is 0 Å². The zero-order valence-corrected chi connectivity index (χ0v) is 9.50. The van der Waals surface area contributed by atoms with Gasteiger partial charge in [-0.15, -0.1) is 0 Å². The van der Waals surface area contributed by atoms with Crippen molar-refractivity contribution in [2.24, 2.45) is 0 Å². The fraction of sp³-hybridized carbons (Fsp3) is 0.900. The molecule has 4 nitrogen and oxygen atoms in total.